The monoisotopic (exact) mass is 426 g/mol. The van der Waals surface area contributed by atoms with Gasteiger partial charge in [0.15, 0.2) is 0 Å². The van der Waals surface area contributed by atoms with Gasteiger partial charge in [-0.1, -0.05) is 54.1 Å². The van der Waals surface area contributed by atoms with Crippen LogP contribution in [-0.2, 0) is 28.9 Å². The molecule has 0 spiro atoms. The second-order valence-corrected chi connectivity index (χ2v) is 8.75. The first-order valence-corrected chi connectivity index (χ1v) is 11.5. The van der Waals surface area contributed by atoms with Gasteiger partial charge in [0.05, 0.1) is 6.42 Å². The SMILES string of the molecule is O=C(Cc1ccccc1Cl)N(CCCN1CCc2ccccc2C1)C1CCOCC1. The van der Waals surface area contributed by atoms with E-state index < -0.39 is 0 Å². The van der Waals surface area contributed by atoms with Crippen molar-refractivity contribution >= 4 is 17.5 Å². The van der Waals surface area contributed by atoms with Gasteiger partial charge in [0.25, 0.3) is 0 Å². The maximum Gasteiger partial charge on any atom is 0.227 e. The van der Waals surface area contributed by atoms with Gasteiger partial charge in [-0.3, -0.25) is 9.69 Å². The second kappa shape index (κ2) is 10.4. The normalized spacial score (nSPS) is 17.5. The molecule has 4 rings (SSSR count). The molecule has 0 atom stereocenters. The maximum atomic E-state index is 13.2. The lowest BCUT2D eigenvalue weighted by Crippen LogP contribution is -2.45. The van der Waals surface area contributed by atoms with Crippen LogP contribution in [0.5, 0.6) is 0 Å². The molecular weight excluding hydrogens is 396 g/mol. The number of ether oxygens (including phenoxy) is 1. The Kier molecular flexibility index (Phi) is 7.42. The van der Waals surface area contributed by atoms with Crippen LogP contribution in [0.3, 0.4) is 0 Å². The number of hydrogen-bond acceptors (Lipinski definition) is 3. The number of nitrogens with zero attached hydrogens (tertiary/aromatic N) is 2. The van der Waals surface area contributed by atoms with E-state index in [9.17, 15) is 4.79 Å². The smallest absolute Gasteiger partial charge is 0.227 e. The summed E-state index contributed by atoms with van der Waals surface area (Å²) in [6.07, 6.45) is 4.32. The lowest BCUT2D eigenvalue weighted by molar-refractivity contribution is -0.134. The summed E-state index contributed by atoms with van der Waals surface area (Å²) in [5, 5.41) is 0.671. The molecule has 0 bridgehead atoms. The molecule has 0 radical (unpaired) electrons. The summed E-state index contributed by atoms with van der Waals surface area (Å²) in [4.78, 5) is 17.8. The molecular formula is C25H31ClN2O2. The number of carbonyl (C=O) groups is 1. The van der Waals surface area contributed by atoms with Gasteiger partial charge in [0, 0.05) is 50.5 Å². The second-order valence-electron chi connectivity index (χ2n) is 8.35. The molecule has 4 nitrogen and oxygen atoms in total. The van der Waals surface area contributed by atoms with E-state index >= 15 is 0 Å². The molecule has 2 aliphatic rings. The van der Waals surface area contributed by atoms with Gasteiger partial charge in [-0.2, -0.15) is 0 Å². The first-order valence-electron chi connectivity index (χ1n) is 11.1. The van der Waals surface area contributed by atoms with Gasteiger partial charge in [0.2, 0.25) is 5.91 Å². The number of carbonyl (C=O) groups excluding carboxylic acids is 1. The van der Waals surface area contributed by atoms with E-state index in [-0.39, 0.29) is 11.9 Å². The van der Waals surface area contributed by atoms with Crippen molar-refractivity contribution in [2.24, 2.45) is 0 Å². The fraction of sp³-hybridized carbons (Fsp3) is 0.480. The molecule has 1 fully saturated rings. The van der Waals surface area contributed by atoms with E-state index in [0.717, 1.165) is 70.6 Å². The van der Waals surface area contributed by atoms with Gasteiger partial charge in [-0.05, 0) is 48.4 Å². The fourth-order valence-corrected chi connectivity index (χ4v) is 4.83. The standard InChI is InChI=1S/C25H31ClN2O2/c26-24-9-4-3-7-21(24)18-25(29)28(23-11-16-30-17-12-23)14-5-13-27-15-10-20-6-1-2-8-22(20)19-27/h1-4,6-9,23H,5,10-19H2. The van der Waals surface area contributed by atoms with E-state index in [1.807, 2.05) is 24.3 Å². The van der Waals surface area contributed by atoms with Crippen LogP contribution in [0.15, 0.2) is 48.5 Å². The van der Waals surface area contributed by atoms with E-state index in [1.54, 1.807) is 0 Å². The Morgan fingerprint density at radius 1 is 1.07 bits per heavy atom. The highest BCUT2D eigenvalue weighted by Crippen LogP contribution is 2.21. The molecule has 30 heavy (non-hydrogen) atoms. The average molecular weight is 427 g/mol. The first kappa shape index (κ1) is 21.4. The van der Waals surface area contributed by atoms with Crippen LogP contribution < -0.4 is 0 Å². The van der Waals surface area contributed by atoms with Crippen molar-refractivity contribution in [3.8, 4) is 0 Å². The molecule has 2 aromatic rings. The van der Waals surface area contributed by atoms with Crippen LogP contribution >= 0.6 is 11.6 Å². The quantitative estimate of drug-likeness (QED) is 0.660. The zero-order valence-electron chi connectivity index (χ0n) is 17.6. The van der Waals surface area contributed by atoms with Crippen LogP contribution in [0.2, 0.25) is 5.02 Å². The summed E-state index contributed by atoms with van der Waals surface area (Å²) in [6, 6.07) is 16.7. The average Bonchev–Trinajstić information content (AvgIpc) is 2.78. The number of fused-ring (bicyclic) bond motifs is 1. The number of rotatable bonds is 7. The van der Waals surface area contributed by atoms with Crippen LogP contribution in [-0.4, -0.2) is 54.6 Å². The molecule has 160 valence electrons. The minimum Gasteiger partial charge on any atom is -0.381 e. The van der Waals surface area contributed by atoms with Crippen molar-refractivity contribution in [2.45, 2.75) is 44.7 Å². The van der Waals surface area contributed by atoms with Crippen molar-refractivity contribution in [1.29, 1.82) is 0 Å². The molecule has 1 saturated heterocycles. The highest BCUT2D eigenvalue weighted by Gasteiger charge is 2.26. The van der Waals surface area contributed by atoms with Gasteiger partial charge < -0.3 is 9.64 Å². The van der Waals surface area contributed by atoms with Crippen LogP contribution in [0.4, 0.5) is 0 Å². The Hall–Kier alpha value is -1.88. The van der Waals surface area contributed by atoms with Gasteiger partial charge in [-0.25, -0.2) is 0 Å². The molecule has 0 saturated carbocycles. The number of benzene rings is 2. The number of amides is 1. The molecule has 2 aliphatic heterocycles. The Balaban J connectivity index is 1.35. The molecule has 0 N–H and O–H groups in total. The van der Waals surface area contributed by atoms with Crippen molar-refractivity contribution < 1.29 is 9.53 Å². The number of halogens is 1. The third kappa shape index (κ3) is 5.42. The largest absolute Gasteiger partial charge is 0.381 e. The zero-order valence-corrected chi connectivity index (χ0v) is 18.3. The fourth-order valence-electron chi connectivity index (χ4n) is 4.62. The maximum absolute atomic E-state index is 13.2. The molecule has 2 aromatic carbocycles. The Labute approximate surface area is 184 Å². The predicted molar refractivity (Wildman–Crippen MR) is 121 cm³/mol. The van der Waals surface area contributed by atoms with Crippen molar-refractivity contribution in [3.63, 3.8) is 0 Å². The van der Waals surface area contributed by atoms with Crippen LogP contribution in [0, 0.1) is 0 Å². The van der Waals surface area contributed by atoms with Crippen molar-refractivity contribution in [2.75, 3.05) is 32.8 Å². The van der Waals surface area contributed by atoms with Gasteiger partial charge in [-0.15, -0.1) is 0 Å². The Bertz CT molecular complexity index is 851. The van der Waals surface area contributed by atoms with E-state index in [4.69, 9.17) is 16.3 Å². The van der Waals surface area contributed by atoms with Crippen molar-refractivity contribution in [1.82, 2.24) is 9.80 Å². The highest BCUT2D eigenvalue weighted by atomic mass is 35.5. The minimum atomic E-state index is 0.180. The first-order chi connectivity index (χ1) is 14.7. The molecule has 0 aromatic heterocycles. The summed E-state index contributed by atoms with van der Waals surface area (Å²) in [5.41, 5.74) is 3.83. The minimum absolute atomic E-state index is 0.180. The van der Waals surface area contributed by atoms with Crippen molar-refractivity contribution in [3.05, 3.63) is 70.2 Å². The molecule has 5 heteroatoms. The van der Waals surface area contributed by atoms with Crippen LogP contribution in [0.1, 0.15) is 36.0 Å². The van der Waals surface area contributed by atoms with Gasteiger partial charge in [0.1, 0.15) is 0 Å². The summed E-state index contributed by atoms with van der Waals surface area (Å²) in [6.45, 7) is 5.41. The third-order valence-electron chi connectivity index (χ3n) is 6.33. The molecule has 0 unspecified atom stereocenters. The third-order valence-corrected chi connectivity index (χ3v) is 6.70. The summed E-state index contributed by atoms with van der Waals surface area (Å²) < 4.78 is 5.53. The molecule has 2 heterocycles. The molecule has 1 amide bonds. The van der Waals surface area contributed by atoms with Gasteiger partial charge >= 0.3 is 0 Å². The lowest BCUT2D eigenvalue weighted by Gasteiger charge is -2.35. The van der Waals surface area contributed by atoms with E-state index in [2.05, 4.69) is 34.1 Å². The Morgan fingerprint density at radius 3 is 2.60 bits per heavy atom. The summed E-state index contributed by atoms with van der Waals surface area (Å²) in [5.74, 6) is 0.180. The summed E-state index contributed by atoms with van der Waals surface area (Å²) in [7, 11) is 0. The van der Waals surface area contributed by atoms with E-state index in [0.29, 0.717) is 11.4 Å². The van der Waals surface area contributed by atoms with E-state index in [1.165, 1.54) is 11.1 Å². The van der Waals surface area contributed by atoms with Crippen LogP contribution in [0.25, 0.3) is 0 Å². The number of hydrogen-bond donors (Lipinski definition) is 0. The molecule has 0 aliphatic carbocycles. The lowest BCUT2D eigenvalue weighted by atomic mass is 10.00. The highest BCUT2D eigenvalue weighted by molar-refractivity contribution is 6.31. The summed E-state index contributed by atoms with van der Waals surface area (Å²) >= 11 is 6.31. The Morgan fingerprint density at radius 2 is 1.80 bits per heavy atom. The topological polar surface area (TPSA) is 32.8 Å². The predicted octanol–water partition coefficient (Wildman–Crippen LogP) is 4.34. The zero-order chi connectivity index (χ0) is 20.8.